The second kappa shape index (κ2) is 5.93. The van der Waals surface area contributed by atoms with Crippen molar-refractivity contribution in [3.8, 4) is 5.75 Å². The molecule has 0 atom stereocenters. The van der Waals surface area contributed by atoms with E-state index in [0.717, 1.165) is 6.07 Å². The number of alkyl halides is 7. The van der Waals surface area contributed by atoms with E-state index in [4.69, 9.17) is 34.8 Å². The van der Waals surface area contributed by atoms with Crippen LogP contribution in [-0.4, -0.2) is 24.0 Å². The highest BCUT2D eigenvalue weighted by molar-refractivity contribution is 6.43. The Balaban J connectivity index is 3.15. The second-order valence-electron chi connectivity index (χ2n) is 3.73. The van der Waals surface area contributed by atoms with Crippen molar-refractivity contribution in [2.75, 3.05) is 0 Å². The Labute approximate surface area is 132 Å². The number of ether oxygens (including phenoxy) is 1. The molecule has 0 fully saturated rings. The molecule has 22 heavy (non-hydrogen) atoms. The predicted molar refractivity (Wildman–Crippen MR) is 63.1 cm³/mol. The highest BCUT2D eigenvalue weighted by atomic mass is 35.5. The molecule has 0 bridgehead atoms. The fourth-order valence-corrected chi connectivity index (χ4v) is 1.63. The van der Waals surface area contributed by atoms with E-state index in [0.29, 0.717) is 6.07 Å². The first-order chi connectivity index (χ1) is 9.71. The molecule has 0 amide bonds. The third kappa shape index (κ3) is 3.36. The van der Waals surface area contributed by atoms with Gasteiger partial charge in [0, 0.05) is 6.07 Å². The van der Waals surface area contributed by atoms with E-state index < -0.39 is 34.8 Å². The molecule has 0 aromatic heterocycles. The van der Waals surface area contributed by atoms with Gasteiger partial charge < -0.3 is 4.74 Å². The summed E-state index contributed by atoms with van der Waals surface area (Å²) < 4.78 is 90.9. The van der Waals surface area contributed by atoms with Crippen LogP contribution in [0, 0.1) is 0 Å². The number of carbonyl (C=O) groups is 1. The third-order valence-electron chi connectivity index (χ3n) is 2.18. The minimum absolute atomic E-state index is 0.196. The fraction of sp³-hybridized carbons (Fsp3) is 0.300. The average Bonchev–Trinajstić information content (AvgIpc) is 2.34. The number of benzene rings is 1. The molecular formula is C10H2Cl3F7O2. The van der Waals surface area contributed by atoms with Gasteiger partial charge >= 0.3 is 24.0 Å². The van der Waals surface area contributed by atoms with Crippen molar-refractivity contribution in [1.29, 1.82) is 0 Å². The lowest BCUT2D eigenvalue weighted by Gasteiger charge is -2.26. The molecule has 0 saturated heterocycles. The van der Waals surface area contributed by atoms with Crippen molar-refractivity contribution in [2.45, 2.75) is 18.0 Å². The molecule has 0 aliphatic rings. The predicted octanol–water partition coefficient (Wildman–Crippen LogP) is 5.39. The first kappa shape index (κ1) is 19.1. The minimum atomic E-state index is -6.67. The van der Waals surface area contributed by atoms with Crippen LogP contribution in [0.3, 0.4) is 0 Å². The van der Waals surface area contributed by atoms with Crippen LogP contribution >= 0.6 is 34.8 Å². The Hall–Kier alpha value is -0.930. The number of rotatable bonds is 3. The molecule has 124 valence electrons. The zero-order chi connectivity index (χ0) is 17.5. The molecule has 1 aromatic carbocycles. The molecule has 1 rings (SSSR count). The van der Waals surface area contributed by atoms with Gasteiger partial charge in [-0.2, -0.15) is 30.7 Å². The third-order valence-corrected chi connectivity index (χ3v) is 3.20. The normalized spacial score (nSPS) is 13.2. The maximum atomic E-state index is 13.0. The largest absolute Gasteiger partial charge is 0.460 e. The lowest BCUT2D eigenvalue weighted by Crippen LogP contribution is -2.57. The van der Waals surface area contributed by atoms with E-state index in [2.05, 4.69) is 4.74 Å². The zero-order valence-electron chi connectivity index (χ0n) is 9.75. The van der Waals surface area contributed by atoms with Crippen LogP contribution in [0.15, 0.2) is 12.1 Å². The molecule has 0 unspecified atom stereocenters. The monoisotopic (exact) mass is 392 g/mol. The number of esters is 1. The van der Waals surface area contributed by atoms with Crippen molar-refractivity contribution in [3.05, 3.63) is 27.2 Å². The average molecular weight is 393 g/mol. The Morgan fingerprint density at radius 2 is 1.32 bits per heavy atom. The summed E-state index contributed by atoms with van der Waals surface area (Å²) in [4.78, 5) is 11.0. The Bertz CT molecular complexity index is 601. The van der Waals surface area contributed by atoms with E-state index in [1.165, 1.54) is 0 Å². The van der Waals surface area contributed by atoms with Gasteiger partial charge in [-0.1, -0.05) is 34.8 Å². The van der Waals surface area contributed by atoms with Gasteiger partial charge in [0.25, 0.3) is 0 Å². The molecule has 1 aromatic rings. The van der Waals surface area contributed by atoms with Crippen molar-refractivity contribution in [2.24, 2.45) is 0 Å². The highest BCUT2D eigenvalue weighted by Crippen LogP contribution is 2.47. The first-order valence-electron chi connectivity index (χ1n) is 4.91. The van der Waals surface area contributed by atoms with E-state index in [1.807, 2.05) is 0 Å². The smallest absolute Gasteiger partial charge is 0.420 e. The van der Waals surface area contributed by atoms with Crippen LogP contribution in [0.5, 0.6) is 5.75 Å². The fourth-order valence-electron chi connectivity index (χ4n) is 1.05. The van der Waals surface area contributed by atoms with Crippen LogP contribution in [0.1, 0.15) is 0 Å². The van der Waals surface area contributed by atoms with Crippen LogP contribution in [0.2, 0.25) is 15.1 Å². The zero-order valence-corrected chi connectivity index (χ0v) is 12.0. The summed E-state index contributed by atoms with van der Waals surface area (Å²) in [7, 11) is 0. The van der Waals surface area contributed by atoms with Gasteiger partial charge in [-0.25, -0.2) is 4.79 Å². The SMILES string of the molecule is O=C(Oc1cc(Cl)c(Cl)cc1Cl)C(F)(F)C(F)(F)C(F)(F)F. The summed E-state index contributed by atoms with van der Waals surface area (Å²) in [6.45, 7) is 0. The molecule has 2 nitrogen and oxygen atoms in total. The van der Waals surface area contributed by atoms with E-state index in [-0.39, 0.29) is 10.0 Å². The standard InChI is InChI=1S/C10H2Cl3F7O2/c11-3-1-5(13)6(2-4(3)12)22-7(21)8(14,15)9(16,17)10(18,19)20/h1-2H. The molecule has 0 radical (unpaired) electrons. The first-order valence-corrected chi connectivity index (χ1v) is 6.04. The van der Waals surface area contributed by atoms with Crippen molar-refractivity contribution in [1.82, 2.24) is 0 Å². The molecule has 0 N–H and O–H groups in total. The summed E-state index contributed by atoms with van der Waals surface area (Å²) >= 11 is 16.3. The Morgan fingerprint density at radius 1 is 0.864 bits per heavy atom. The van der Waals surface area contributed by atoms with Crippen LogP contribution in [-0.2, 0) is 4.79 Å². The quantitative estimate of drug-likeness (QED) is 0.298. The molecule has 0 saturated carbocycles. The van der Waals surface area contributed by atoms with Gasteiger partial charge in [-0.3, -0.25) is 0 Å². The van der Waals surface area contributed by atoms with Crippen LogP contribution < -0.4 is 4.74 Å². The van der Waals surface area contributed by atoms with Gasteiger partial charge in [-0.05, 0) is 6.07 Å². The van der Waals surface area contributed by atoms with Gasteiger partial charge in [-0.15, -0.1) is 0 Å². The molecule has 0 aliphatic carbocycles. The van der Waals surface area contributed by atoms with E-state index in [1.54, 1.807) is 0 Å². The van der Waals surface area contributed by atoms with E-state index in [9.17, 15) is 35.5 Å². The Kier molecular flexibility index (Phi) is 5.16. The maximum Gasteiger partial charge on any atom is 0.460 e. The maximum absolute atomic E-state index is 13.0. The van der Waals surface area contributed by atoms with Gasteiger partial charge in [0.15, 0.2) is 5.75 Å². The number of hydrogen-bond acceptors (Lipinski definition) is 2. The summed E-state index contributed by atoms with van der Waals surface area (Å²) in [6, 6.07) is 1.42. The molecular weight excluding hydrogens is 391 g/mol. The Morgan fingerprint density at radius 3 is 1.77 bits per heavy atom. The van der Waals surface area contributed by atoms with Crippen LogP contribution in [0.25, 0.3) is 0 Å². The van der Waals surface area contributed by atoms with Crippen molar-refractivity contribution < 1.29 is 40.3 Å². The number of carbonyl (C=O) groups excluding carboxylic acids is 1. The van der Waals surface area contributed by atoms with Crippen LogP contribution in [0.4, 0.5) is 30.7 Å². The summed E-state index contributed by atoms with van der Waals surface area (Å²) in [6.07, 6.45) is -6.67. The number of halogens is 10. The topological polar surface area (TPSA) is 26.3 Å². The molecule has 0 aliphatic heterocycles. The summed E-state index contributed by atoms with van der Waals surface area (Å²) in [5.74, 6) is -16.9. The lowest BCUT2D eigenvalue weighted by molar-refractivity contribution is -0.346. The number of hydrogen-bond donors (Lipinski definition) is 0. The lowest BCUT2D eigenvalue weighted by atomic mass is 10.1. The molecule has 0 spiro atoms. The second-order valence-corrected chi connectivity index (χ2v) is 4.95. The van der Waals surface area contributed by atoms with Gasteiger partial charge in [0.05, 0.1) is 15.1 Å². The van der Waals surface area contributed by atoms with Crippen molar-refractivity contribution in [3.63, 3.8) is 0 Å². The minimum Gasteiger partial charge on any atom is -0.420 e. The van der Waals surface area contributed by atoms with Gasteiger partial charge in [0.1, 0.15) is 0 Å². The summed E-state index contributed by atoms with van der Waals surface area (Å²) in [5.41, 5.74) is 0. The highest BCUT2D eigenvalue weighted by Gasteiger charge is 2.77. The summed E-state index contributed by atoms with van der Waals surface area (Å²) in [5, 5.41) is -1.16. The van der Waals surface area contributed by atoms with Crippen molar-refractivity contribution >= 4 is 40.8 Å². The molecule has 12 heteroatoms. The van der Waals surface area contributed by atoms with E-state index >= 15 is 0 Å². The van der Waals surface area contributed by atoms with Gasteiger partial charge in [0.2, 0.25) is 0 Å². The molecule has 0 heterocycles.